The number of aryl methyl sites for hydroxylation is 1. The number of carbonyl (C=O) groups excluding carboxylic acids is 1. The maximum Gasteiger partial charge on any atom is 0.251 e. The van der Waals surface area contributed by atoms with Crippen molar-refractivity contribution in [1.29, 1.82) is 0 Å². The number of piperidine rings is 1. The Kier molecular flexibility index (Phi) is 8.41. The average molecular weight is 360 g/mol. The van der Waals surface area contributed by atoms with E-state index in [0.717, 1.165) is 37.5 Å². The maximum absolute atomic E-state index is 12.1. The molecule has 1 heterocycles. The number of hydrogen-bond donors (Lipinski definition) is 3. The van der Waals surface area contributed by atoms with Crippen LogP contribution in [0.1, 0.15) is 42.1 Å². The van der Waals surface area contributed by atoms with Gasteiger partial charge in [0.2, 0.25) is 0 Å². The molecule has 1 amide bonds. The van der Waals surface area contributed by atoms with Gasteiger partial charge in [0.25, 0.3) is 5.91 Å². The topological polar surface area (TPSA) is 68.8 Å². The van der Waals surface area contributed by atoms with E-state index in [0.29, 0.717) is 24.7 Å². The Morgan fingerprint density at radius 3 is 2.62 bits per heavy atom. The summed E-state index contributed by atoms with van der Waals surface area (Å²) in [5.74, 6) is 0.769. The third-order valence-electron chi connectivity index (χ3n) is 4.68. The molecule has 0 spiro atoms. The van der Waals surface area contributed by atoms with E-state index in [9.17, 15) is 4.79 Å². The SMILES string of the molecule is CCCN1CCC(NC(=NC)NCCNC(=O)c2cccc(C)c2)CC1. The predicted octanol–water partition coefficient (Wildman–Crippen LogP) is 1.76. The summed E-state index contributed by atoms with van der Waals surface area (Å²) in [4.78, 5) is 18.9. The van der Waals surface area contributed by atoms with Crippen molar-refractivity contribution in [2.45, 2.75) is 39.2 Å². The van der Waals surface area contributed by atoms with Crippen LogP contribution in [-0.4, -0.2) is 62.6 Å². The second-order valence-electron chi connectivity index (χ2n) is 6.88. The number of nitrogens with one attached hydrogen (secondary N) is 3. The number of aliphatic imine (C=N–C) groups is 1. The first-order chi connectivity index (χ1) is 12.6. The monoisotopic (exact) mass is 359 g/mol. The summed E-state index contributed by atoms with van der Waals surface area (Å²) in [7, 11) is 1.78. The molecule has 1 aromatic carbocycles. The standard InChI is InChI=1S/C20H33N5O/c1-4-12-25-13-8-18(9-14-25)24-20(21-3)23-11-10-22-19(26)17-7-5-6-16(2)15-17/h5-7,15,18H,4,8-14H2,1-3H3,(H,22,26)(H2,21,23,24). The quantitative estimate of drug-likeness (QED) is 0.394. The lowest BCUT2D eigenvalue weighted by Crippen LogP contribution is -2.49. The van der Waals surface area contributed by atoms with E-state index in [1.807, 2.05) is 31.2 Å². The van der Waals surface area contributed by atoms with Crippen LogP contribution < -0.4 is 16.0 Å². The zero-order chi connectivity index (χ0) is 18.8. The highest BCUT2D eigenvalue weighted by Gasteiger charge is 2.19. The molecule has 1 aliphatic rings. The largest absolute Gasteiger partial charge is 0.355 e. The minimum Gasteiger partial charge on any atom is -0.355 e. The summed E-state index contributed by atoms with van der Waals surface area (Å²) in [6, 6.07) is 8.09. The van der Waals surface area contributed by atoms with Gasteiger partial charge in [0.05, 0.1) is 0 Å². The van der Waals surface area contributed by atoms with Crippen LogP contribution in [0.15, 0.2) is 29.3 Å². The Labute approximate surface area is 157 Å². The van der Waals surface area contributed by atoms with Gasteiger partial charge in [-0.05, 0) is 44.9 Å². The number of rotatable bonds is 7. The summed E-state index contributed by atoms with van der Waals surface area (Å²) in [6.07, 6.45) is 3.51. The molecular weight excluding hydrogens is 326 g/mol. The van der Waals surface area contributed by atoms with Crippen molar-refractivity contribution in [2.75, 3.05) is 39.8 Å². The van der Waals surface area contributed by atoms with E-state index in [-0.39, 0.29) is 5.91 Å². The molecule has 0 atom stereocenters. The Bertz CT molecular complexity index is 594. The van der Waals surface area contributed by atoms with Crippen LogP contribution in [0, 0.1) is 6.92 Å². The Balaban J connectivity index is 1.65. The van der Waals surface area contributed by atoms with E-state index in [2.05, 4.69) is 32.8 Å². The van der Waals surface area contributed by atoms with E-state index in [4.69, 9.17) is 0 Å². The summed E-state index contributed by atoms with van der Waals surface area (Å²) in [6.45, 7) is 8.91. The van der Waals surface area contributed by atoms with Crippen molar-refractivity contribution < 1.29 is 4.79 Å². The molecule has 3 N–H and O–H groups in total. The van der Waals surface area contributed by atoms with Crippen molar-refractivity contribution in [3.63, 3.8) is 0 Å². The Hall–Kier alpha value is -2.08. The van der Waals surface area contributed by atoms with Crippen LogP contribution in [0.4, 0.5) is 0 Å². The second kappa shape index (κ2) is 10.8. The molecule has 0 aromatic heterocycles. The van der Waals surface area contributed by atoms with Gasteiger partial charge in [-0.25, -0.2) is 0 Å². The Morgan fingerprint density at radius 2 is 1.96 bits per heavy atom. The molecule has 144 valence electrons. The number of likely N-dealkylation sites (tertiary alicyclic amines) is 1. The zero-order valence-corrected chi connectivity index (χ0v) is 16.3. The van der Waals surface area contributed by atoms with Crippen molar-refractivity contribution in [3.8, 4) is 0 Å². The number of carbonyl (C=O) groups is 1. The van der Waals surface area contributed by atoms with Gasteiger partial charge in [-0.15, -0.1) is 0 Å². The lowest BCUT2D eigenvalue weighted by Gasteiger charge is -2.32. The fraction of sp³-hybridized carbons (Fsp3) is 0.600. The highest BCUT2D eigenvalue weighted by Crippen LogP contribution is 2.10. The highest BCUT2D eigenvalue weighted by atomic mass is 16.1. The molecule has 1 aromatic rings. The fourth-order valence-corrected chi connectivity index (χ4v) is 3.25. The molecule has 6 heteroatoms. The number of amides is 1. The first-order valence-corrected chi connectivity index (χ1v) is 9.66. The molecule has 0 unspecified atom stereocenters. The molecule has 0 aliphatic carbocycles. The van der Waals surface area contributed by atoms with Gasteiger partial charge in [-0.3, -0.25) is 9.79 Å². The van der Waals surface area contributed by atoms with Gasteiger partial charge >= 0.3 is 0 Å². The maximum atomic E-state index is 12.1. The number of nitrogens with zero attached hydrogens (tertiary/aromatic N) is 2. The van der Waals surface area contributed by atoms with Crippen LogP contribution >= 0.6 is 0 Å². The molecular formula is C20H33N5O. The number of guanidine groups is 1. The van der Waals surface area contributed by atoms with Gasteiger partial charge in [-0.1, -0.05) is 24.6 Å². The zero-order valence-electron chi connectivity index (χ0n) is 16.3. The third-order valence-corrected chi connectivity index (χ3v) is 4.68. The molecule has 2 rings (SSSR count). The van der Waals surface area contributed by atoms with Crippen LogP contribution in [-0.2, 0) is 0 Å². The lowest BCUT2D eigenvalue weighted by molar-refractivity contribution is 0.0954. The van der Waals surface area contributed by atoms with Crippen LogP contribution in [0.25, 0.3) is 0 Å². The predicted molar refractivity (Wildman–Crippen MR) is 108 cm³/mol. The van der Waals surface area contributed by atoms with Crippen molar-refractivity contribution in [3.05, 3.63) is 35.4 Å². The van der Waals surface area contributed by atoms with Gasteiger partial charge < -0.3 is 20.9 Å². The van der Waals surface area contributed by atoms with Crippen LogP contribution in [0.5, 0.6) is 0 Å². The van der Waals surface area contributed by atoms with Gasteiger partial charge in [0.15, 0.2) is 5.96 Å². The second-order valence-corrected chi connectivity index (χ2v) is 6.88. The minimum atomic E-state index is -0.0401. The molecule has 1 fully saturated rings. The number of hydrogen-bond acceptors (Lipinski definition) is 3. The molecule has 1 saturated heterocycles. The lowest BCUT2D eigenvalue weighted by atomic mass is 10.1. The van der Waals surface area contributed by atoms with E-state index in [1.165, 1.54) is 13.0 Å². The summed E-state index contributed by atoms with van der Waals surface area (Å²) in [5, 5.41) is 9.72. The van der Waals surface area contributed by atoms with E-state index < -0.39 is 0 Å². The summed E-state index contributed by atoms with van der Waals surface area (Å²) in [5.41, 5.74) is 1.79. The molecule has 0 radical (unpaired) electrons. The van der Waals surface area contributed by atoms with Gasteiger partial charge in [0, 0.05) is 44.8 Å². The summed E-state index contributed by atoms with van der Waals surface area (Å²) < 4.78 is 0. The Morgan fingerprint density at radius 1 is 1.23 bits per heavy atom. The average Bonchev–Trinajstić information content (AvgIpc) is 2.65. The first kappa shape index (κ1) is 20.2. The first-order valence-electron chi connectivity index (χ1n) is 9.66. The number of benzene rings is 1. The van der Waals surface area contributed by atoms with Crippen molar-refractivity contribution in [1.82, 2.24) is 20.9 Å². The molecule has 0 bridgehead atoms. The van der Waals surface area contributed by atoms with Crippen molar-refractivity contribution in [2.24, 2.45) is 4.99 Å². The smallest absolute Gasteiger partial charge is 0.251 e. The van der Waals surface area contributed by atoms with Crippen LogP contribution in [0.3, 0.4) is 0 Å². The normalized spacial score (nSPS) is 16.3. The molecule has 1 aliphatic heterocycles. The molecule has 26 heavy (non-hydrogen) atoms. The summed E-state index contributed by atoms with van der Waals surface area (Å²) >= 11 is 0. The molecule has 6 nitrogen and oxygen atoms in total. The minimum absolute atomic E-state index is 0.0401. The highest BCUT2D eigenvalue weighted by molar-refractivity contribution is 5.94. The molecule has 0 saturated carbocycles. The fourth-order valence-electron chi connectivity index (χ4n) is 3.25. The van der Waals surface area contributed by atoms with E-state index in [1.54, 1.807) is 7.05 Å². The van der Waals surface area contributed by atoms with Crippen LogP contribution in [0.2, 0.25) is 0 Å². The van der Waals surface area contributed by atoms with Gasteiger partial charge in [-0.2, -0.15) is 0 Å². The third kappa shape index (κ3) is 6.67. The van der Waals surface area contributed by atoms with Gasteiger partial charge in [0.1, 0.15) is 0 Å². The van der Waals surface area contributed by atoms with E-state index >= 15 is 0 Å². The van der Waals surface area contributed by atoms with Crippen molar-refractivity contribution >= 4 is 11.9 Å².